The van der Waals surface area contributed by atoms with Crippen molar-refractivity contribution in [1.82, 2.24) is 0 Å². The molecule has 15 heavy (non-hydrogen) atoms. The highest BCUT2D eigenvalue weighted by atomic mass is 79.9. The predicted octanol–water partition coefficient (Wildman–Crippen LogP) is 2.95. The van der Waals surface area contributed by atoms with Gasteiger partial charge in [-0.2, -0.15) is 8.78 Å². The summed E-state index contributed by atoms with van der Waals surface area (Å²) in [5.41, 5.74) is -2.15. The van der Waals surface area contributed by atoms with E-state index < -0.39 is 16.3 Å². The van der Waals surface area contributed by atoms with E-state index in [-0.39, 0.29) is 24.0 Å². The Labute approximate surface area is 93.0 Å². The Morgan fingerprint density at radius 1 is 1.40 bits per heavy atom. The molecule has 1 aromatic carbocycles. The topological polar surface area (TPSA) is 20.2 Å². The average molecular weight is 281 g/mol. The molecule has 0 amide bonds. The summed E-state index contributed by atoms with van der Waals surface area (Å²) in [6.07, 6.45) is -0.0544. The Balaban J connectivity index is 2.58. The van der Waals surface area contributed by atoms with Gasteiger partial charge < -0.3 is 5.11 Å². The average Bonchev–Trinajstić information content (AvgIpc) is 2.46. The lowest BCUT2D eigenvalue weighted by molar-refractivity contribution is -0.120. The van der Waals surface area contributed by atoms with Crippen LogP contribution in [0.2, 0.25) is 0 Å². The number of rotatable bonds is 1. The van der Waals surface area contributed by atoms with E-state index in [0.717, 1.165) is 0 Å². The Bertz CT molecular complexity index is 402. The van der Waals surface area contributed by atoms with Crippen LogP contribution in [0.5, 0.6) is 0 Å². The van der Waals surface area contributed by atoms with E-state index in [0.29, 0.717) is 0 Å². The first kappa shape index (κ1) is 11.0. The molecular formula is C10H8BrF3O. The van der Waals surface area contributed by atoms with Gasteiger partial charge in [0.15, 0.2) is 5.60 Å². The molecule has 0 aromatic heterocycles. The van der Waals surface area contributed by atoms with Gasteiger partial charge in [0, 0.05) is 0 Å². The summed E-state index contributed by atoms with van der Waals surface area (Å²) in [5, 5.41) is 9.84. The number of hydrogen-bond donors (Lipinski definition) is 1. The molecule has 1 aromatic rings. The van der Waals surface area contributed by atoms with Crippen LogP contribution in [0.4, 0.5) is 13.2 Å². The number of alkyl halides is 3. The summed E-state index contributed by atoms with van der Waals surface area (Å²) in [6.45, 7) is 0. The molecule has 0 saturated carbocycles. The highest BCUT2D eigenvalue weighted by Crippen LogP contribution is 2.50. The smallest absolute Gasteiger partial charge is 0.333 e. The second kappa shape index (κ2) is 3.22. The third-order valence-electron chi connectivity index (χ3n) is 2.77. The molecular weight excluding hydrogens is 273 g/mol. The molecule has 0 bridgehead atoms. The van der Waals surface area contributed by atoms with Crippen LogP contribution in [0.25, 0.3) is 0 Å². The fourth-order valence-corrected chi connectivity index (χ4v) is 2.35. The zero-order valence-corrected chi connectivity index (χ0v) is 9.19. The van der Waals surface area contributed by atoms with Crippen LogP contribution >= 0.6 is 15.9 Å². The lowest BCUT2D eigenvalue weighted by atomic mass is 9.96. The van der Waals surface area contributed by atoms with Gasteiger partial charge in [-0.3, -0.25) is 0 Å². The molecule has 2 rings (SSSR count). The summed E-state index contributed by atoms with van der Waals surface area (Å²) < 4.78 is 39.6. The van der Waals surface area contributed by atoms with E-state index in [1.165, 1.54) is 18.2 Å². The fraction of sp³-hybridized carbons (Fsp3) is 0.400. The monoisotopic (exact) mass is 280 g/mol. The molecule has 82 valence electrons. The maximum atomic E-state index is 13.3. The van der Waals surface area contributed by atoms with Crippen LogP contribution in [-0.2, 0) is 12.0 Å². The first-order chi connectivity index (χ1) is 6.86. The van der Waals surface area contributed by atoms with E-state index in [1.54, 1.807) is 0 Å². The number of aliphatic hydroxyl groups is 1. The zero-order valence-electron chi connectivity index (χ0n) is 7.61. The molecule has 0 saturated heterocycles. The number of fused-ring (bicyclic) bond motifs is 1. The van der Waals surface area contributed by atoms with Gasteiger partial charge in [0.1, 0.15) is 5.82 Å². The van der Waals surface area contributed by atoms with Gasteiger partial charge in [-0.1, -0.05) is 12.1 Å². The molecule has 1 N–H and O–H groups in total. The van der Waals surface area contributed by atoms with Gasteiger partial charge in [0.2, 0.25) is 0 Å². The van der Waals surface area contributed by atoms with Crippen molar-refractivity contribution < 1.29 is 18.3 Å². The molecule has 1 aliphatic rings. The van der Waals surface area contributed by atoms with Crippen molar-refractivity contribution in [3.63, 3.8) is 0 Å². The summed E-state index contributed by atoms with van der Waals surface area (Å²) in [4.78, 5) is -3.45. The van der Waals surface area contributed by atoms with Gasteiger partial charge >= 0.3 is 4.83 Å². The Kier molecular flexibility index (Phi) is 2.35. The molecule has 5 heteroatoms. The first-order valence-electron chi connectivity index (χ1n) is 4.43. The summed E-state index contributed by atoms with van der Waals surface area (Å²) >= 11 is 2.15. The van der Waals surface area contributed by atoms with Crippen molar-refractivity contribution in [1.29, 1.82) is 0 Å². The molecule has 1 aliphatic carbocycles. The molecule has 1 atom stereocenters. The largest absolute Gasteiger partial charge is 0.378 e. The van der Waals surface area contributed by atoms with Crippen molar-refractivity contribution in [2.24, 2.45) is 0 Å². The van der Waals surface area contributed by atoms with Gasteiger partial charge in [0.05, 0.1) is 0 Å². The van der Waals surface area contributed by atoms with Crippen molar-refractivity contribution in [2.75, 3.05) is 0 Å². The molecule has 1 unspecified atom stereocenters. The van der Waals surface area contributed by atoms with Crippen LogP contribution in [0, 0.1) is 5.82 Å². The lowest BCUT2D eigenvalue weighted by Crippen LogP contribution is -2.38. The van der Waals surface area contributed by atoms with E-state index in [9.17, 15) is 18.3 Å². The van der Waals surface area contributed by atoms with Crippen molar-refractivity contribution in [3.8, 4) is 0 Å². The quantitative estimate of drug-likeness (QED) is 0.785. The molecule has 0 spiro atoms. The Morgan fingerprint density at radius 3 is 2.67 bits per heavy atom. The van der Waals surface area contributed by atoms with E-state index in [2.05, 4.69) is 15.9 Å². The minimum Gasteiger partial charge on any atom is -0.378 e. The van der Waals surface area contributed by atoms with Gasteiger partial charge in [-0.25, -0.2) is 4.39 Å². The SMILES string of the molecule is OC1(C(F)(F)Br)CCc2c(F)cccc21. The standard InChI is InChI=1S/C10H8BrF3O/c11-10(13,14)9(15)5-4-6-7(9)2-1-3-8(6)12/h1-3,15H,4-5H2. The number of benzene rings is 1. The van der Waals surface area contributed by atoms with Crippen LogP contribution in [0.15, 0.2) is 18.2 Å². The molecule has 1 nitrogen and oxygen atoms in total. The predicted molar refractivity (Wildman–Crippen MR) is 52.5 cm³/mol. The van der Waals surface area contributed by atoms with Crippen LogP contribution < -0.4 is 0 Å². The lowest BCUT2D eigenvalue weighted by Gasteiger charge is -2.28. The van der Waals surface area contributed by atoms with Crippen LogP contribution in [0.3, 0.4) is 0 Å². The second-order valence-corrected chi connectivity index (χ2v) is 4.62. The highest BCUT2D eigenvalue weighted by molar-refractivity contribution is 9.10. The molecule has 0 fully saturated rings. The fourth-order valence-electron chi connectivity index (χ4n) is 1.94. The van der Waals surface area contributed by atoms with Gasteiger partial charge in [-0.05, 0) is 46.0 Å². The third-order valence-corrected chi connectivity index (χ3v) is 3.43. The second-order valence-electron chi connectivity index (χ2n) is 3.62. The Morgan fingerprint density at radius 2 is 2.07 bits per heavy atom. The summed E-state index contributed by atoms with van der Waals surface area (Å²) in [6, 6.07) is 3.86. The van der Waals surface area contributed by atoms with Crippen molar-refractivity contribution in [3.05, 3.63) is 35.1 Å². The maximum absolute atomic E-state index is 13.3. The van der Waals surface area contributed by atoms with E-state index in [1.807, 2.05) is 0 Å². The van der Waals surface area contributed by atoms with Gasteiger partial charge in [0.25, 0.3) is 0 Å². The van der Waals surface area contributed by atoms with E-state index in [4.69, 9.17) is 0 Å². The Hall–Kier alpha value is -0.550. The molecule has 0 aliphatic heterocycles. The molecule has 0 heterocycles. The molecule has 0 radical (unpaired) electrons. The summed E-state index contributed by atoms with van der Waals surface area (Å²) in [5.74, 6) is -0.542. The minimum absolute atomic E-state index is 0.0237. The van der Waals surface area contributed by atoms with Crippen molar-refractivity contribution >= 4 is 15.9 Å². The van der Waals surface area contributed by atoms with Crippen molar-refractivity contribution in [2.45, 2.75) is 23.3 Å². The van der Waals surface area contributed by atoms with E-state index >= 15 is 0 Å². The number of hydrogen-bond acceptors (Lipinski definition) is 1. The van der Waals surface area contributed by atoms with Crippen LogP contribution in [-0.4, -0.2) is 9.94 Å². The normalized spacial score (nSPS) is 25.4. The minimum atomic E-state index is -3.45. The highest BCUT2D eigenvalue weighted by Gasteiger charge is 2.55. The first-order valence-corrected chi connectivity index (χ1v) is 5.22. The van der Waals surface area contributed by atoms with Gasteiger partial charge in [-0.15, -0.1) is 0 Å². The number of halogens is 4. The zero-order chi connectivity index (χ0) is 11.3. The van der Waals surface area contributed by atoms with Crippen LogP contribution in [0.1, 0.15) is 17.5 Å². The maximum Gasteiger partial charge on any atom is 0.333 e. The summed E-state index contributed by atoms with van der Waals surface area (Å²) in [7, 11) is 0. The third kappa shape index (κ3) is 1.49.